The van der Waals surface area contributed by atoms with Gasteiger partial charge in [0.1, 0.15) is 5.75 Å². The number of nitrogens with zero attached hydrogens (tertiary/aromatic N) is 2. The number of hydrogen-bond donors (Lipinski definition) is 1. The minimum absolute atomic E-state index is 0.0975. The van der Waals surface area contributed by atoms with E-state index in [0.717, 1.165) is 38.2 Å². The third-order valence-corrected chi connectivity index (χ3v) is 5.27. The average molecular weight is 357 g/mol. The molecule has 0 bridgehead atoms. The van der Waals surface area contributed by atoms with Gasteiger partial charge < -0.3 is 14.8 Å². The van der Waals surface area contributed by atoms with Crippen molar-refractivity contribution >= 4 is 5.82 Å². The molecule has 1 N–H and O–H groups in total. The van der Waals surface area contributed by atoms with Crippen LogP contribution in [0.15, 0.2) is 42.6 Å². The third-order valence-electron chi connectivity index (χ3n) is 5.27. The number of rotatable bonds is 5. The van der Waals surface area contributed by atoms with Crippen molar-refractivity contribution in [1.29, 1.82) is 0 Å². The second kappa shape index (κ2) is 7.21. The standard InChI is InChI=1S/C20H24FN3O2/c1-25-17-6-4-15(5-7-17)12-24-10-8-20(14-24)11-16(13-26-20)23-19-18(21)3-2-9-22-19/h2-7,9,16H,8,10-14H2,1H3,(H,22,23). The lowest BCUT2D eigenvalue weighted by Crippen LogP contribution is -2.33. The number of ether oxygens (including phenoxy) is 2. The zero-order valence-electron chi connectivity index (χ0n) is 15.0. The van der Waals surface area contributed by atoms with Crippen molar-refractivity contribution in [1.82, 2.24) is 9.88 Å². The number of methoxy groups -OCH3 is 1. The van der Waals surface area contributed by atoms with Crippen LogP contribution in [0.2, 0.25) is 0 Å². The van der Waals surface area contributed by atoms with E-state index in [-0.39, 0.29) is 17.5 Å². The van der Waals surface area contributed by atoms with Crippen molar-refractivity contribution < 1.29 is 13.9 Å². The van der Waals surface area contributed by atoms with Crippen molar-refractivity contribution in [2.45, 2.75) is 31.0 Å². The summed E-state index contributed by atoms with van der Waals surface area (Å²) in [5.41, 5.74) is 1.14. The Morgan fingerprint density at radius 1 is 1.35 bits per heavy atom. The van der Waals surface area contributed by atoms with Gasteiger partial charge in [-0.15, -0.1) is 0 Å². The summed E-state index contributed by atoms with van der Waals surface area (Å²) in [5, 5.41) is 3.19. The second-order valence-electron chi connectivity index (χ2n) is 7.18. The molecule has 1 aromatic carbocycles. The molecule has 4 rings (SSSR count). The molecule has 2 aliphatic heterocycles. The van der Waals surface area contributed by atoms with Gasteiger partial charge in [0.05, 0.1) is 25.4 Å². The molecule has 6 heteroatoms. The molecule has 2 saturated heterocycles. The summed E-state index contributed by atoms with van der Waals surface area (Å²) in [4.78, 5) is 6.50. The molecule has 2 aliphatic rings. The van der Waals surface area contributed by atoms with E-state index in [1.165, 1.54) is 11.6 Å². The summed E-state index contributed by atoms with van der Waals surface area (Å²) in [5.74, 6) is 0.869. The molecule has 3 heterocycles. The van der Waals surface area contributed by atoms with Crippen LogP contribution in [0, 0.1) is 5.82 Å². The summed E-state index contributed by atoms with van der Waals surface area (Å²) in [6, 6.07) is 11.3. The average Bonchev–Trinajstić information content (AvgIpc) is 3.24. The largest absolute Gasteiger partial charge is 0.497 e. The van der Waals surface area contributed by atoms with Gasteiger partial charge in [0.25, 0.3) is 0 Å². The molecule has 2 aromatic rings. The van der Waals surface area contributed by atoms with E-state index < -0.39 is 0 Å². The Balaban J connectivity index is 1.33. The molecule has 2 fully saturated rings. The lowest BCUT2D eigenvalue weighted by atomic mass is 9.97. The molecule has 2 atom stereocenters. The van der Waals surface area contributed by atoms with E-state index in [1.54, 1.807) is 19.4 Å². The highest BCUT2D eigenvalue weighted by atomic mass is 19.1. The Morgan fingerprint density at radius 2 is 2.19 bits per heavy atom. The van der Waals surface area contributed by atoms with Gasteiger partial charge in [0.15, 0.2) is 11.6 Å². The SMILES string of the molecule is COc1ccc(CN2CCC3(CC(Nc4ncccc4F)CO3)C2)cc1. The molecular formula is C20H24FN3O2. The van der Waals surface area contributed by atoms with Crippen LogP contribution in [0.1, 0.15) is 18.4 Å². The van der Waals surface area contributed by atoms with Gasteiger partial charge in [-0.1, -0.05) is 12.1 Å². The van der Waals surface area contributed by atoms with E-state index in [0.29, 0.717) is 12.4 Å². The van der Waals surface area contributed by atoms with Crippen LogP contribution < -0.4 is 10.1 Å². The van der Waals surface area contributed by atoms with Crippen molar-refractivity contribution in [3.63, 3.8) is 0 Å². The third kappa shape index (κ3) is 3.66. The van der Waals surface area contributed by atoms with Crippen molar-refractivity contribution in [2.75, 3.05) is 32.1 Å². The Morgan fingerprint density at radius 3 is 2.96 bits per heavy atom. The number of benzene rings is 1. The zero-order chi connectivity index (χ0) is 18.0. The topological polar surface area (TPSA) is 46.6 Å². The van der Waals surface area contributed by atoms with E-state index >= 15 is 0 Å². The monoisotopic (exact) mass is 357 g/mol. The second-order valence-corrected chi connectivity index (χ2v) is 7.18. The molecule has 26 heavy (non-hydrogen) atoms. The molecule has 138 valence electrons. The summed E-state index contributed by atoms with van der Waals surface area (Å²) >= 11 is 0. The maximum atomic E-state index is 13.8. The Hall–Kier alpha value is -2.18. The van der Waals surface area contributed by atoms with Gasteiger partial charge in [-0.25, -0.2) is 9.37 Å². The lowest BCUT2D eigenvalue weighted by molar-refractivity contribution is 0.0120. The van der Waals surface area contributed by atoms with E-state index in [1.807, 2.05) is 12.1 Å². The first-order valence-electron chi connectivity index (χ1n) is 9.02. The molecule has 2 unspecified atom stereocenters. The molecule has 0 aliphatic carbocycles. The zero-order valence-corrected chi connectivity index (χ0v) is 15.0. The molecule has 5 nitrogen and oxygen atoms in total. The molecule has 0 radical (unpaired) electrons. The van der Waals surface area contributed by atoms with E-state index in [2.05, 4.69) is 27.3 Å². The van der Waals surface area contributed by atoms with Gasteiger partial charge in [-0.3, -0.25) is 4.90 Å². The predicted molar refractivity (Wildman–Crippen MR) is 97.8 cm³/mol. The first-order chi connectivity index (χ1) is 12.7. The minimum atomic E-state index is -0.319. The Bertz CT molecular complexity index is 755. The fraction of sp³-hybridized carbons (Fsp3) is 0.450. The lowest BCUT2D eigenvalue weighted by Gasteiger charge is -2.23. The van der Waals surface area contributed by atoms with Gasteiger partial charge in [0, 0.05) is 32.3 Å². The Kier molecular flexibility index (Phi) is 4.78. The maximum Gasteiger partial charge on any atom is 0.165 e. The van der Waals surface area contributed by atoms with Gasteiger partial charge in [-0.05, 0) is 36.2 Å². The van der Waals surface area contributed by atoms with Crippen LogP contribution in [0.5, 0.6) is 5.75 Å². The van der Waals surface area contributed by atoms with Gasteiger partial charge in [-0.2, -0.15) is 0 Å². The van der Waals surface area contributed by atoms with Crippen LogP contribution in [0.25, 0.3) is 0 Å². The van der Waals surface area contributed by atoms with Crippen LogP contribution in [0.4, 0.5) is 10.2 Å². The molecule has 0 saturated carbocycles. The fourth-order valence-corrected chi connectivity index (χ4v) is 3.96. The van der Waals surface area contributed by atoms with Crippen molar-refractivity contribution in [3.05, 3.63) is 54.0 Å². The summed E-state index contributed by atoms with van der Waals surface area (Å²) in [6.07, 6.45) is 3.48. The molecule has 0 amide bonds. The summed E-state index contributed by atoms with van der Waals surface area (Å²) in [7, 11) is 1.68. The number of anilines is 1. The number of nitrogens with one attached hydrogen (secondary N) is 1. The Labute approximate surface area is 153 Å². The minimum Gasteiger partial charge on any atom is -0.497 e. The maximum absolute atomic E-state index is 13.8. The number of hydrogen-bond acceptors (Lipinski definition) is 5. The first kappa shape index (κ1) is 17.2. The van der Waals surface area contributed by atoms with Crippen molar-refractivity contribution in [2.24, 2.45) is 0 Å². The predicted octanol–water partition coefficient (Wildman–Crippen LogP) is 3.07. The number of aromatic nitrogens is 1. The van der Waals surface area contributed by atoms with E-state index in [4.69, 9.17) is 9.47 Å². The highest BCUT2D eigenvalue weighted by Gasteiger charge is 2.45. The first-order valence-corrected chi connectivity index (χ1v) is 9.02. The van der Waals surface area contributed by atoms with Gasteiger partial charge in [0.2, 0.25) is 0 Å². The highest BCUT2D eigenvalue weighted by molar-refractivity contribution is 5.37. The van der Waals surface area contributed by atoms with Crippen LogP contribution in [0.3, 0.4) is 0 Å². The van der Waals surface area contributed by atoms with Crippen LogP contribution >= 0.6 is 0 Å². The van der Waals surface area contributed by atoms with Crippen LogP contribution in [-0.2, 0) is 11.3 Å². The molecule has 1 aromatic heterocycles. The van der Waals surface area contributed by atoms with E-state index in [9.17, 15) is 4.39 Å². The van der Waals surface area contributed by atoms with Crippen molar-refractivity contribution in [3.8, 4) is 5.75 Å². The van der Waals surface area contributed by atoms with Gasteiger partial charge >= 0.3 is 0 Å². The normalized spacial score (nSPS) is 25.7. The molecular weight excluding hydrogens is 333 g/mol. The van der Waals surface area contributed by atoms with Crippen LogP contribution in [-0.4, -0.2) is 48.3 Å². The summed E-state index contributed by atoms with van der Waals surface area (Å²) in [6.45, 7) is 3.41. The summed E-state index contributed by atoms with van der Waals surface area (Å²) < 4.78 is 25.2. The fourth-order valence-electron chi connectivity index (χ4n) is 3.96. The number of likely N-dealkylation sites (tertiary alicyclic amines) is 1. The molecule has 1 spiro atoms. The number of halogens is 1. The quantitative estimate of drug-likeness (QED) is 0.891. The number of pyridine rings is 1. The highest BCUT2D eigenvalue weighted by Crippen LogP contribution is 2.36. The smallest absolute Gasteiger partial charge is 0.165 e.